The first-order valence-corrected chi connectivity index (χ1v) is 12.9. The van der Waals surface area contributed by atoms with Gasteiger partial charge >= 0.3 is 0 Å². The number of sulfonamides is 1. The maximum absolute atomic E-state index is 13.0. The average Bonchev–Trinajstić information content (AvgIpc) is 3.42. The highest BCUT2D eigenvalue weighted by molar-refractivity contribution is 7.91. The lowest BCUT2D eigenvalue weighted by Crippen LogP contribution is -2.37. The fourth-order valence-electron chi connectivity index (χ4n) is 4.04. The topological polar surface area (TPSA) is 52.7 Å². The molecule has 0 aliphatic carbocycles. The Morgan fingerprint density at radius 1 is 1.06 bits per heavy atom. The molecule has 3 aromatic rings. The summed E-state index contributed by atoms with van der Waals surface area (Å²) in [5.41, 5.74) is 4.72. The second-order valence-electron chi connectivity index (χ2n) is 8.00. The van der Waals surface area contributed by atoms with Crippen LogP contribution in [-0.4, -0.2) is 35.6 Å². The van der Waals surface area contributed by atoms with E-state index in [9.17, 15) is 8.42 Å². The highest BCUT2D eigenvalue weighted by Gasteiger charge is 2.29. The molecule has 1 atom stereocenters. The van der Waals surface area contributed by atoms with E-state index in [1.807, 2.05) is 33.2 Å². The summed E-state index contributed by atoms with van der Waals surface area (Å²) >= 11 is 1.34. The van der Waals surface area contributed by atoms with Crippen LogP contribution in [0.4, 0.5) is 11.4 Å². The Morgan fingerprint density at radius 2 is 1.81 bits per heavy atom. The molecule has 0 saturated carbocycles. The lowest BCUT2D eigenvalue weighted by molar-refractivity contribution is 0.564. The Morgan fingerprint density at radius 3 is 2.48 bits per heavy atom. The van der Waals surface area contributed by atoms with Crippen molar-refractivity contribution in [3.05, 3.63) is 76.7 Å². The van der Waals surface area contributed by atoms with Crippen LogP contribution in [0.25, 0.3) is 0 Å². The van der Waals surface area contributed by atoms with Crippen molar-refractivity contribution in [1.29, 1.82) is 0 Å². The fraction of sp³-hybridized carbons (Fsp3) is 0.333. The summed E-state index contributed by atoms with van der Waals surface area (Å²) in [7, 11) is 0.486. The number of hydrogen-bond donors (Lipinski definition) is 1. The van der Waals surface area contributed by atoms with E-state index in [4.69, 9.17) is 0 Å². The minimum atomic E-state index is -3.55. The Kier molecular flexibility index (Phi) is 6.36. The molecular weight excluding hydrogens is 426 g/mol. The van der Waals surface area contributed by atoms with Crippen LogP contribution in [0.3, 0.4) is 0 Å². The minimum absolute atomic E-state index is 0.0831. The van der Waals surface area contributed by atoms with E-state index in [1.54, 1.807) is 6.07 Å². The van der Waals surface area contributed by atoms with Crippen LogP contribution in [0.1, 0.15) is 29.0 Å². The monoisotopic (exact) mass is 455 g/mol. The SMILES string of the molecule is CCc1ccc(S(=O)(=O)NCC(c2ccc(N(C)C)cc2)N2CCc3ccccc32)s1. The predicted octanol–water partition coefficient (Wildman–Crippen LogP) is 4.46. The fourth-order valence-corrected chi connectivity index (χ4v) is 6.42. The van der Waals surface area contributed by atoms with Crippen LogP contribution < -0.4 is 14.5 Å². The van der Waals surface area contributed by atoms with Gasteiger partial charge in [0.2, 0.25) is 10.0 Å². The molecule has 4 rings (SSSR count). The lowest BCUT2D eigenvalue weighted by Gasteiger charge is -2.31. The molecule has 1 unspecified atom stereocenters. The summed E-state index contributed by atoms with van der Waals surface area (Å²) in [5, 5.41) is 0. The summed E-state index contributed by atoms with van der Waals surface area (Å²) < 4.78 is 29.2. The van der Waals surface area contributed by atoms with Gasteiger partial charge in [-0.25, -0.2) is 13.1 Å². The molecule has 5 nitrogen and oxygen atoms in total. The Bertz CT molecular complexity index is 1140. The highest BCUT2D eigenvalue weighted by atomic mass is 32.2. The number of thiophene rings is 1. The molecule has 2 aromatic carbocycles. The number of rotatable bonds is 8. The molecule has 0 fully saturated rings. The van der Waals surface area contributed by atoms with Crippen molar-refractivity contribution < 1.29 is 8.42 Å². The van der Waals surface area contributed by atoms with Gasteiger partial charge in [0.15, 0.2) is 0 Å². The molecule has 0 spiro atoms. The summed E-state index contributed by atoms with van der Waals surface area (Å²) in [4.78, 5) is 5.47. The first-order valence-electron chi connectivity index (χ1n) is 10.6. The van der Waals surface area contributed by atoms with Crippen LogP contribution >= 0.6 is 11.3 Å². The number of benzene rings is 2. The Hall–Kier alpha value is -2.35. The summed E-state index contributed by atoms with van der Waals surface area (Å²) in [6.45, 7) is 3.23. The Balaban J connectivity index is 1.63. The number of fused-ring (bicyclic) bond motifs is 1. The maximum Gasteiger partial charge on any atom is 0.250 e. The second-order valence-corrected chi connectivity index (χ2v) is 11.2. The van der Waals surface area contributed by atoms with Gasteiger partial charge in [0, 0.05) is 43.4 Å². The predicted molar refractivity (Wildman–Crippen MR) is 130 cm³/mol. The molecule has 1 aromatic heterocycles. The van der Waals surface area contributed by atoms with Crippen molar-refractivity contribution >= 4 is 32.7 Å². The summed E-state index contributed by atoms with van der Waals surface area (Å²) in [6, 6.07) is 20.3. The summed E-state index contributed by atoms with van der Waals surface area (Å²) in [6.07, 6.45) is 1.81. The van der Waals surface area contributed by atoms with E-state index < -0.39 is 10.0 Å². The summed E-state index contributed by atoms with van der Waals surface area (Å²) in [5.74, 6) is 0. The minimum Gasteiger partial charge on any atom is -0.378 e. The van der Waals surface area contributed by atoms with Crippen LogP contribution in [0.5, 0.6) is 0 Å². The van der Waals surface area contributed by atoms with Crippen molar-refractivity contribution in [3.8, 4) is 0 Å². The van der Waals surface area contributed by atoms with Gasteiger partial charge in [-0.1, -0.05) is 37.3 Å². The van der Waals surface area contributed by atoms with Gasteiger partial charge in [-0.05, 0) is 54.3 Å². The normalized spacial score (nSPS) is 14.5. The number of para-hydroxylation sites is 1. The zero-order valence-corrected chi connectivity index (χ0v) is 19.8. The molecule has 0 bridgehead atoms. The first-order chi connectivity index (χ1) is 14.9. The largest absolute Gasteiger partial charge is 0.378 e. The number of nitrogens with one attached hydrogen (secondary N) is 1. The van der Waals surface area contributed by atoms with Gasteiger partial charge in [0.05, 0.1) is 6.04 Å². The second kappa shape index (κ2) is 9.02. The van der Waals surface area contributed by atoms with Gasteiger partial charge in [-0.3, -0.25) is 0 Å². The van der Waals surface area contributed by atoms with Gasteiger partial charge in [0.25, 0.3) is 0 Å². The third-order valence-corrected chi connectivity index (χ3v) is 8.96. The van der Waals surface area contributed by atoms with E-state index in [0.29, 0.717) is 10.8 Å². The van der Waals surface area contributed by atoms with E-state index in [1.165, 1.54) is 22.6 Å². The molecular formula is C24H29N3O2S2. The van der Waals surface area contributed by atoms with Crippen LogP contribution in [-0.2, 0) is 22.9 Å². The number of aryl methyl sites for hydroxylation is 1. The molecule has 7 heteroatoms. The first kappa shape index (κ1) is 21.9. The molecule has 1 aliphatic rings. The van der Waals surface area contributed by atoms with E-state index in [0.717, 1.165) is 35.5 Å². The number of hydrogen-bond acceptors (Lipinski definition) is 5. The number of anilines is 2. The highest BCUT2D eigenvalue weighted by Crippen LogP contribution is 2.35. The molecule has 1 N–H and O–H groups in total. The standard InChI is InChI=1S/C24H29N3O2S2/c1-4-21-13-14-24(30-21)31(28,29)25-17-23(19-9-11-20(12-10-19)26(2)3)27-16-15-18-7-5-6-8-22(18)27/h5-14,23,25H,4,15-17H2,1-3H3. The van der Waals surface area contributed by atoms with Crippen LogP contribution in [0, 0.1) is 0 Å². The van der Waals surface area contributed by atoms with Crippen molar-refractivity contribution in [2.45, 2.75) is 30.0 Å². The van der Waals surface area contributed by atoms with E-state index in [-0.39, 0.29) is 6.04 Å². The molecule has 0 amide bonds. The van der Waals surface area contributed by atoms with Crippen molar-refractivity contribution in [2.75, 3.05) is 37.0 Å². The number of nitrogens with zero attached hydrogens (tertiary/aromatic N) is 2. The van der Waals surface area contributed by atoms with Crippen LogP contribution in [0.2, 0.25) is 0 Å². The van der Waals surface area contributed by atoms with E-state index >= 15 is 0 Å². The zero-order valence-electron chi connectivity index (χ0n) is 18.2. The third-order valence-electron chi connectivity index (χ3n) is 5.81. The van der Waals surface area contributed by atoms with Crippen molar-refractivity contribution in [3.63, 3.8) is 0 Å². The molecule has 0 radical (unpaired) electrons. The van der Waals surface area contributed by atoms with Gasteiger partial charge in [-0.2, -0.15) is 0 Å². The van der Waals surface area contributed by atoms with Gasteiger partial charge in [0.1, 0.15) is 4.21 Å². The molecule has 2 heterocycles. The Labute approximate surface area is 189 Å². The van der Waals surface area contributed by atoms with Crippen molar-refractivity contribution in [2.24, 2.45) is 0 Å². The van der Waals surface area contributed by atoms with Crippen molar-refractivity contribution in [1.82, 2.24) is 4.72 Å². The lowest BCUT2D eigenvalue weighted by atomic mass is 10.0. The van der Waals surface area contributed by atoms with Gasteiger partial charge < -0.3 is 9.80 Å². The van der Waals surface area contributed by atoms with Gasteiger partial charge in [-0.15, -0.1) is 11.3 Å². The molecule has 164 valence electrons. The molecule has 31 heavy (non-hydrogen) atoms. The zero-order chi connectivity index (χ0) is 22.0. The third kappa shape index (κ3) is 4.63. The molecule has 0 saturated heterocycles. The smallest absolute Gasteiger partial charge is 0.250 e. The molecule has 1 aliphatic heterocycles. The maximum atomic E-state index is 13.0. The van der Waals surface area contributed by atoms with Crippen LogP contribution in [0.15, 0.2) is 64.9 Å². The quantitative estimate of drug-likeness (QED) is 0.545. The average molecular weight is 456 g/mol. The van der Waals surface area contributed by atoms with E-state index in [2.05, 4.69) is 57.0 Å².